The van der Waals surface area contributed by atoms with Crippen LogP contribution < -0.4 is 0 Å². The number of halogens is 1. The van der Waals surface area contributed by atoms with Crippen LogP contribution in [0, 0.1) is 17.4 Å². The van der Waals surface area contributed by atoms with Gasteiger partial charge in [0.15, 0.2) is 0 Å². The van der Waals surface area contributed by atoms with Gasteiger partial charge < -0.3 is 0 Å². The van der Waals surface area contributed by atoms with Crippen molar-refractivity contribution >= 4 is 24.0 Å². The summed E-state index contributed by atoms with van der Waals surface area (Å²) in [5.41, 5.74) is 0.590. The molecule has 0 fully saturated rings. The van der Waals surface area contributed by atoms with E-state index in [2.05, 4.69) is 6.07 Å². The fourth-order valence-corrected chi connectivity index (χ4v) is 0.463. The number of hydrogen-bond acceptors (Lipinski definition) is 1. The Kier molecular flexibility index (Phi) is 9.12. The van der Waals surface area contributed by atoms with Gasteiger partial charge in [-0.1, -0.05) is 5.56 Å². The van der Waals surface area contributed by atoms with Crippen molar-refractivity contribution in [1.82, 2.24) is 0 Å². The number of rotatable bonds is 0. The van der Waals surface area contributed by atoms with E-state index < -0.39 is 0 Å². The van der Waals surface area contributed by atoms with Gasteiger partial charge in [-0.3, -0.25) is 5.26 Å². The third kappa shape index (κ3) is 3.97. The van der Waals surface area contributed by atoms with E-state index in [1.165, 1.54) is 0 Å². The molecule has 0 heterocycles. The summed E-state index contributed by atoms with van der Waals surface area (Å²) in [6, 6.07) is 11.8. The zero-order valence-corrected chi connectivity index (χ0v) is 10.7. The summed E-state index contributed by atoms with van der Waals surface area (Å²) in [7, 11) is 0. The van der Waals surface area contributed by atoms with Crippen LogP contribution in [0.4, 0.5) is 0 Å². The summed E-state index contributed by atoms with van der Waals surface area (Å²) in [5.74, 6) is 0. The van der Waals surface area contributed by atoms with E-state index in [4.69, 9.17) is 5.26 Å². The smallest absolute Gasteiger partial charge is 0 e. The molecule has 0 atom stereocenters. The molecular weight excluding hydrogens is 290 g/mol. The van der Waals surface area contributed by atoms with Crippen molar-refractivity contribution in [1.29, 1.82) is 5.26 Å². The number of nitrogens with zero attached hydrogens (tertiary/aromatic N) is 1. The first-order chi connectivity index (χ1) is 3.93. The average molecular weight is 295 g/mol. The summed E-state index contributed by atoms with van der Waals surface area (Å²) < 4.78 is 0. The van der Waals surface area contributed by atoms with Gasteiger partial charge in [0.25, 0.3) is 0 Å². The van der Waals surface area contributed by atoms with Crippen LogP contribution in [0.25, 0.3) is 0 Å². The van der Waals surface area contributed by atoms with Crippen molar-refractivity contribution in [3.63, 3.8) is 0 Å². The summed E-state index contributed by atoms with van der Waals surface area (Å²) in [5, 5.41) is 8.26. The van der Waals surface area contributed by atoms with Crippen molar-refractivity contribution in [3.05, 3.63) is 35.9 Å². The number of nitriles is 1. The fraction of sp³-hybridized carbons (Fsp3) is 0. The standard InChI is InChI=1S/C7H4N.HI.Zn/c8-6-7-4-2-1-3-5-7;;/h1-4H;1H;/q-1;;. The monoisotopic (exact) mass is 294 g/mol. The maximum absolute atomic E-state index is 8.26. The minimum absolute atomic E-state index is 0. The molecular formula is C7H5INZn-. The van der Waals surface area contributed by atoms with Gasteiger partial charge in [0.05, 0.1) is 0 Å². The van der Waals surface area contributed by atoms with Gasteiger partial charge in [-0.25, -0.2) is 0 Å². The van der Waals surface area contributed by atoms with Crippen LogP contribution in [0.15, 0.2) is 24.3 Å². The molecule has 10 heavy (non-hydrogen) atoms. The normalized spacial score (nSPS) is 6.30. The minimum Gasteiger partial charge on any atom is -0.262 e. The molecule has 0 N–H and O–H groups in total. The Hall–Kier alpha value is 0.0634. The molecule has 3 heteroatoms. The molecule has 1 rings (SSSR count). The van der Waals surface area contributed by atoms with E-state index in [0.717, 1.165) is 0 Å². The molecule has 0 aliphatic rings. The predicted octanol–water partition coefficient (Wildman–Crippen LogP) is 1.97. The van der Waals surface area contributed by atoms with Gasteiger partial charge in [0, 0.05) is 19.5 Å². The Morgan fingerprint density at radius 3 is 2.40 bits per heavy atom. The van der Waals surface area contributed by atoms with Crippen LogP contribution >= 0.6 is 24.0 Å². The van der Waals surface area contributed by atoms with Crippen LogP contribution in [0.3, 0.4) is 0 Å². The van der Waals surface area contributed by atoms with Crippen molar-refractivity contribution in [2.24, 2.45) is 0 Å². The second-order valence-electron chi connectivity index (χ2n) is 1.39. The first kappa shape index (κ1) is 12.7. The molecule has 0 unspecified atom stereocenters. The maximum atomic E-state index is 8.26. The van der Waals surface area contributed by atoms with Gasteiger partial charge in [-0.15, -0.1) is 54.3 Å². The number of hydrogen-bond donors (Lipinski definition) is 0. The molecule has 0 bridgehead atoms. The Bertz CT molecular complexity index is 205. The largest absolute Gasteiger partial charge is 0.262 e. The minimum atomic E-state index is 0. The Labute approximate surface area is 90.2 Å². The summed E-state index contributed by atoms with van der Waals surface area (Å²) in [4.78, 5) is 0. The van der Waals surface area contributed by atoms with Gasteiger partial charge in [0.1, 0.15) is 0 Å². The zero-order chi connectivity index (χ0) is 5.82. The summed E-state index contributed by atoms with van der Waals surface area (Å²) in [6.07, 6.45) is 0. The van der Waals surface area contributed by atoms with Crippen molar-refractivity contribution in [3.8, 4) is 6.07 Å². The molecule has 0 spiro atoms. The first-order valence-electron chi connectivity index (χ1n) is 2.30. The van der Waals surface area contributed by atoms with E-state index in [9.17, 15) is 0 Å². The molecule has 0 saturated carbocycles. The number of benzene rings is 1. The summed E-state index contributed by atoms with van der Waals surface area (Å²) in [6.45, 7) is 0. The van der Waals surface area contributed by atoms with Crippen LogP contribution in [0.1, 0.15) is 5.56 Å². The third-order valence-electron chi connectivity index (χ3n) is 0.830. The molecule has 1 aromatic carbocycles. The van der Waals surface area contributed by atoms with E-state index in [1.807, 2.05) is 18.2 Å². The van der Waals surface area contributed by atoms with Crippen LogP contribution in [-0.2, 0) is 19.5 Å². The molecule has 1 aromatic rings. The van der Waals surface area contributed by atoms with Crippen molar-refractivity contribution in [2.45, 2.75) is 0 Å². The SMILES string of the molecule is I.N#Cc1[c-]cccc1.[Zn]. The molecule has 0 amide bonds. The van der Waals surface area contributed by atoms with Gasteiger partial charge in [-0.05, 0) is 6.07 Å². The molecule has 0 saturated heterocycles. The topological polar surface area (TPSA) is 23.8 Å². The Balaban J connectivity index is 0. The molecule has 0 aliphatic carbocycles. The Morgan fingerprint density at radius 2 is 2.10 bits per heavy atom. The fourth-order valence-electron chi connectivity index (χ4n) is 0.463. The third-order valence-corrected chi connectivity index (χ3v) is 0.830. The summed E-state index contributed by atoms with van der Waals surface area (Å²) >= 11 is 0. The van der Waals surface area contributed by atoms with Crippen molar-refractivity contribution in [2.75, 3.05) is 0 Å². The van der Waals surface area contributed by atoms with Crippen LogP contribution in [0.2, 0.25) is 0 Å². The molecule has 48 valence electrons. The van der Waals surface area contributed by atoms with Crippen LogP contribution in [-0.4, -0.2) is 0 Å². The zero-order valence-electron chi connectivity index (χ0n) is 5.37. The maximum Gasteiger partial charge on any atom is 0 e. The van der Waals surface area contributed by atoms with E-state index in [1.54, 1.807) is 12.1 Å². The molecule has 0 aliphatic heterocycles. The average Bonchev–Trinajstić information content (AvgIpc) is 1.90. The van der Waals surface area contributed by atoms with Crippen LogP contribution in [0.5, 0.6) is 0 Å². The van der Waals surface area contributed by atoms with E-state index >= 15 is 0 Å². The predicted molar refractivity (Wildman–Crippen MR) is 45.4 cm³/mol. The quantitative estimate of drug-likeness (QED) is 0.408. The second-order valence-corrected chi connectivity index (χ2v) is 1.39. The Morgan fingerprint density at radius 1 is 1.40 bits per heavy atom. The van der Waals surface area contributed by atoms with Gasteiger partial charge in [0.2, 0.25) is 0 Å². The van der Waals surface area contributed by atoms with Gasteiger partial charge >= 0.3 is 0 Å². The van der Waals surface area contributed by atoms with E-state index in [-0.39, 0.29) is 43.5 Å². The molecule has 0 aromatic heterocycles. The first-order valence-corrected chi connectivity index (χ1v) is 2.30. The second kappa shape index (κ2) is 7.17. The molecule has 0 radical (unpaired) electrons. The van der Waals surface area contributed by atoms with Crippen molar-refractivity contribution < 1.29 is 19.5 Å². The van der Waals surface area contributed by atoms with E-state index in [0.29, 0.717) is 5.56 Å². The van der Waals surface area contributed by atoms with Gasteiger partial charge in [-0.2, -0.15) is 0 Å². The molecule has 1 nitrogen and oxygen atoms in total.